The van der Waals surface area contributed by atoms with Gasteiger partial charge in [-0.1, -0.05) is 25.0 Å². The van der Waals surface area contributed by atoms with E-state index in [1.54, 1.807) is 0 Å². The van der Waals surface area contributed by atoms with E-state index in [1.807, 2.05) is 19.1 Å². The van der Waals surface area contributed by atoms with Gasteiger partial charge in [-0.15, -0.1) is 0 Å². The molecule has 0 aromatic heterocycles. The van der Waals surface area contributed by atoms with Gasteiger partial charge >= 0.3 is 0 Å². The Morgan fingerprint density at radius 1 is 1.39 bits per heavy atom. The Hall–Kier alpha value is -1.51. The van der Waals surface area contributed by atoms with Crippen LogP contribution in [0.25, 0.3) is 0 Å². The molecule has 2 rings (SSSR count). The highest BCUT2D eigenvalue weighted by Crippen LogP contribution is 2.18. The molecule has 98 valence electrons. The molecule has 3 nitrogen and oxygen atoms in total. The summed E-state index contributed by atoms with van der Waals surface area (Å²) in [7, 11) is 0. The first-order valence-corrected chi connectivity index (χ1v) is 6.79. The van der Waals surface area contributed by atoms with E-state index >= 15 is 0 Å². The van der Waals surface area contributed by atoms with E-state index in [4.69, 9.17) is 5.73 Å². The molecule has 0 atom stereocenters. The Kier molecular flexibility index (Phi) is 4.24. The molecule has 3 heteroatoms. The highest BCUT2D eigenvalue weighted by atomic mass is 16.1. The number of benzene rings is 1. The van der Waals surface area contributed by atoms with E-state index < -0.39 is 0 Å². The Bertz CT molecular complexity index is 423. The molecule has 0 radical (unpaired) electrons. The molecule has 1 aliphatic carbocycles. The van der Waals surface area contributed by atoms with Crippen LogP contribution in [0.4, 0.5) is 5.69 Å². The summed E-state index contributed by atoms with van der Waals surface area (Å²) in [6, 6.07) is 6.45. The summed E-state index contributed by atoms with van der Waals surface area (Å²) in [5, 5.41) is 3.10. The van der Waals surface area contributed by atoms with Crippen molar-refractivity contribution in [3.63, 3.8) is 0 Å². The number of aryl methyl sites for hydroxylation is 2. The molecular weight excluding hydrogens is 224 g/mol. The smallest absolute Gasteiger partial charge is 0.220 e. The van der Waals surface area contributed by atoms with Gasteiger partial charge < -0.3 is 11.1 Å². The maximum Gasteiger partial charge on any atom is 0.220 e. The second kappa shape index (κ2) is 5.89. The molecule has 1 aromatic carbocycles. The van der Waals surface area contributed by atoms with Gasteiger partial charge in [-0.25, -0.2) is 0 Å². The van der Waals surface area contributed by atoms with Crippen LogP contribution >= 0.6 is 0 Å². The number of nitrogens with two attached hydrogens (primary N) is 1. The maximum atomic E-state index is 11.8. The molecule has 0 spiro atoms. The molecule has 1 fully saturated rings. The van der Waals surface area contributed by atoms with Gasteiger partial charge in [0.2, 0.25) is 5.91 Å². The van der Waals surface area contributed by atoms with E-state index in [0.29, 0.717) is 12.5 Å². The highest BCUT2D eigenvalue weighted by Gasteiger charge is 2.16. The standard InChI is InChI=1S/C15H22N2O/c1-11-6-7-12(10-14(11)16)8-9-15(18)17-13-4-2-3-5-13/h6-7,10,13H,2-5,8-9,16H2,1H3,(H,17,18). The summed E-state index contributed by atoms with van der Waals surface area (Å²) >= 11 is 0. The molecule has 0 saturated heterocycles. The number of carbonyl (C=O) groups is 1. The molecular formula is C15H22N2O. The van der Waals surface area contributed by atoms with Crippen LogP contribution in [0.2, 0.25) is 0 Å². The summed E-state index contributed by atoms with van der Waals surface area (Å²) in [6.07, 6.45) is 6.10. The van der Waals surface area contributed by atoms with Gasteiger partial charge in [-0.3, -0.25) is 4.79 Å². The zero-order valence-electron chi connectivity index (χ0n) is 11.0. The lowest BCUT2D eigenvalue weighted by molar-refractivity contribution is -0.121. The first-order valence-electron chi connectivity index (χ1n) is 6.79. The van der Waals surface area contributed by atoms with Gasteiger partial charge in [-0.2, -0.15) is 0 Å². The zero-order chi connectivity index (χ0) is 13.0. The van der Waals surface area contributed by atoms with Crippen molar-refractivity contribution in [1.29, 1.82) is 0 Å². The van der Waals surface area contributed by atoms with Crippen LogP contribution in [-0.4, -0.2) is 11.9 Å². The first-order chi connectivity index (χ1) is 8.65. The molecule has 0 bridgehead atoms. The predicted molar refractivity (Wildman–Crippen MR) is 74.3 cm³/mol. The van der Waals surface area contributed by atoms with Crippen LogP contribution < -0.4 is 11.1 Å². The van der Waals surface area contributed by atoms with Crippen molar-refractivity contribution in [2.45, 2.75) is 51.5 Å². The number of hydrogen-bond donors (Lipinski definition) is 2. The normalized spacial score (nSPS) is 15.8. The van der Waals surface area contributed by atoms with E-state index in [1.165, 1.54) is 12.8 Å². The Morgan fingerprint density at radius 3 is 2.78 bits per heavy atom. The van der Waals surface area contributed by atoms with E-state index in [0.717, 1.165) is 36.1 Å². The van der Waals surface area contributed by atoms with Gasteiger partial charge in [-0.05, 0) is 43.4 Å². The van der Waals surface area contributed by atoms with Crippen LogP contribution in [0.5, 0.6) is 0 Å². The van der Waals surface area contributed by atoms with Crippen LogP contribution in [0.1, 0.15) is 43.2 Å². The minimum Gasteiger partial charge on any atom is -0.399 e. The summed E-state index contributed by atoms with van der Waals surface area (Å²) in [4.78, 5) is 11.8. The zero-order valence-corrected chi connectivity index (χ0v) is 11.0. The Morgan fingerprint density at radius 2 is 2.11 bits per heavy atom. The lowest BCUT2D eigenvalue weighted by Gasteiger charge is -2.12. The third-order valence-corrected chi connectivity index (χ3v) is 3.70. The van der Waals surface area contributed by atoms with Crippen molar-refractivity contribution in [3.8, 4) is 0 Å². The van der Waals surface area contributed by atoms with Crippen LogP contribution in [0.15, 0.2) is 18.2 Å². The van der Waals surface area contributed by atoms with Crippen molar-refractivity contribution in [2.24, 2.45) is 0 Å². The number of nitrogen functional groups attached to an aromatic ring is 1. The van der Waals surface area contributed by atoms with Crippen molar-refractivity contribution in [1.82, 2.24) is 5.32 Å². The minimum atomic E-state index is 0.168. The van der Waals surface area contributed by atoms with Gasteiger partial charge in [0.05, 0.1) is 0 Å². The van der Waals surface area contributed by atoms with Crippen LogP contribution in [0, 0.1) is 6.92 Å². The highest BCUT2D eigenvalue weighted by molar-refractivity contribution is 5.76. The molecule has 1 aliphatic rings. The van der Waals surface area contributed by atoms with Crippen molar-refractivity contribution in [3.05, 3.63) is 29.3 Å². The summed E-state index contributed by atoms with van der Waals surface area (Å²) in [5.41, 5.74) is 8.90. The topological polar surface area (TPSA) is 55.1 Å². The monoisotopic (exact) mass is 246 g/mol. The van der Waals surface area contributed by atoms with Crippen LogP contribution in [0.3, 0.4) is 0 Å². The number of nitrogens with one attached hydrogen (secondary N) is 1. The number of hydrogen-bond acceptors (Lipinski definition) is 2. The summed E-state index contributed by atoms with van der Waals surface area (Å²) in [5.74, 6) is 0.168. The molecule has 1 amide bonds. The lowest BCUT2D eigenvalue weighted by atomic mass is 10.1. The van der Waals surface area contributed by atoms with Crippen LogP contribution in [-0.2, 0) is 11.2 Å². The molecule has 3 N–H and O–H groups in total. The van der Waals surface area contributed by atoms with E-state index in [9.17, 15) is 4.79 Å². The Balaban J connectivity index is 1.79. The number of anilines is 1. The van der Waals surface area contributed by atoms with Gasteiger partial charge in [0, 0.05) is 18.2 Å². The van der Waals surface area contributed by atoms with Gasteiger partial charge in [0.15, 0.2) is 0 Å². The summed E-state index contributed by atoms with van der Waals surface area (Å²) in [6.45, 7) is 1.99. The molecule has 1 saturated carbocycles. The average Bonchev–Trinajstić information content (AvgIpc) is 2.83. The van der Waals surface area contributed by atoms with Gasteiger partial charge in [0.1, 0.15) is 0 Å². The SMILES string of the molecule is Cc1ccc(CCC(=O)NC2CCCC2)cc1N. The predicted octanol–water partition coefficient (Wildman–Crippen LogP) is 2.57. The first kappa shape index (κ1) is 12.9. The van der Waals surface area contributed by atoms with E-state index in [2.05, 4.69) is 11.4 Å². The molecule has 1 aromatic rings. The number of carbonyl (C=O) groups excluding carboxylic acids is 1. The second-order valence-electron chi connectivity index (χ2n) is 5.24. The minimum absolute atomic E-state index is 0.168. The number of rotatable bonds is 4. The Labute approximate surface area is 109 Å². The molecule has 18 heavy (non-hydrogen) atoms. The second-order valence-corrected chi connectivity index (χ2v) is 5.24. The number of amides is 1. The lowest BCUT2D eigenvalue weighted by Crippen LogP contribution is -2.32. The van der Waals surface area contributed by atoms with Gasteiger partial charge in [0.25, 0.3) is 0 Å². The fourth-order valence-electron chi connectivity index (χ4n) is 2.47. The fourth-order valence-corrected chi connectivity index (χ4v) is 2.47. The van der Waals surface area contributed by atoms with Crippen molar-refractivity contribution in [2.75, 3.05) is 5.73 Å². The largest absolute Gasteiger partial charge is 0.399 e. The third kappa shape index (κ3) is 3.49. The fraction of sp³-hybridized carbons (Fsp3) is 0.533. The molecule has 0 heterocycles. The quantitative estimate of drug-likeness (QED) is 0.802. The molecule has 0 unspecified atom stereocenters. The molecule has 0 aliphatic heterocycles. The average molecular weight is 246 g/mol. The maximum absolute atomic E-state index is 11.8. The van der Waals surface area contributed by atoms with E-state index in [-0.39, 0.29) is 5.91 Å². The third-order valence-electron chi connectivity index (χ3n) is 3.70. The van der Waals surface area contributed by atoms with Crippen molar-refractivity contribution >= 4 is 11.6 Å². The summed E-state index contributed by atoms with van der Waals surface area (Å²) < 4.78 is 0. The van der Waals surface area contributed by atoms with Crippen molar-refractivity contribution < 1.29 is 4.79 Å².